The SMILES string of the molecule is CC1=CC(O)CC2=C1[C@]1(C)CC[C@H]3C(C)(C)CCC[C@]3(C)C1C2. The Labute approximate surface area is 142 Å². The van der Waals surface area contributed by atoms with Crippen LogP contribution in [-0.2, 0) is 0 Å². The van der Waals surface area contributed by atoms with Crippen molar-refractivity contribution in [3.05, 3.63) is 22.8 Å². The van der Waals surface area contributed by atoms with E-state index in [1.54, 1.807) is 11.1 Å². The second kappa shape index (κ2) is 4.75. The molecule has 128 valence electrons. The highest BCUT2D eigenvalue weighted by molar-refractivity contribution is 5.48. The maximum absolute atomic E-state index is 10.2. The lowest BCUT2D eigenvalue weighted by molar-refractivity contribution is -0.110. The van der Waals surface area contributed by atoms with Gasteiger partial charge in [0.15, 0.2) is 0 Å². The summed E-state index contributed by atoms with van der Waals surface area (Å²) in [4.78, 5) is 0. The van der Waals surface area contributed by atoms with Crippen molar-refractivity contribution in [2.24, 2.45) is 28.1 Å². The van der Waals surface area contributed by atoms with Gasteiger partial charge in [0.05, 0.1) is 6.10 Å². The van der Waals surface area contributed by atoms with Crippen molar-refractivity contribution in [3.63, 3.8) is 0 Å². The van der Waals surface area contributed by atoms with Crippen LogP contribution in [0.1, 0.15) is 79.6 Å². The second-order valence-corrected chi connectivity index (χ2v) is 10.2. The quantitative estimate of drug-likeness (QED) is 0.613. The summed E-state index contributed by atoms with van der Waals surface area (Å²) in [6, 6.07) is 0. The fraction of sp³-hybridized carbons (Fsp3) is 0.818. The molecular formula is C22H34O. The van der Waals surface area contributed by atoms with Crippen LogP contribution in [0.25, 0.3) is 0 Å². The van der Waals surface area contributed by atoms with Crippen molar-refractivity contribution < 1.29 is 5.11 Å². The van der Waals surface area contributed by atoms with Gasteiger partial charge in [0.25, 0.3) is 0 Å². The first-order valence-corrected chi connectivity index (χ1v) is 9.78. The van der Waals surface area contributed by atoms with E-state index in [0.717, 1.165) is 18.3 Å². The number of aliphatic hydroxyl groups excluding tert-OH is 1. The lowest BCUT2D eigenvalue weighted by Crippen LogP contribution is -2.53. The van der Waals surface area contributed by atoms with Gasteiger partial charge in [-0.25, -0.2) is 0 Å². The van der Waals surface area contributed by atoms with Gasteiger partial charge in [0.2, 0.25) is 0 Å². The summed E-state index contributed by atoms with van der Waals surface area (Å²) >= 11 is 0. The van der Waals surface area contributed by atoms with Crippen LogP contribution >= 0.6 is 0 Å². The normalized spacial score (nSPS) is 48.4. The molecular weight excluding hydrogens is 280 g/mol. The van der Waals surface area contributed by atoms with Crippen LogP contribution in [0.15, 0.2) is 22.8 Å². The summed E-state index contributed by atoms with van der Waals surface area (Å²) in [5.41, 5.74) is 5.96. The molecule has 5 atom stereocenters. The summed E-state index contributed by atoms with van der Waals surface area (Å²) in [6.45, 7) is 12.5. The van der Waals surface area contributed by atoms with Gasteiger partial charge in [-0.05, 0) is 84.7 Å². The predicted octanol–water partition coefficient (Wildman–Crippen LogP) is 5.65. The van der Waals surface area contributed by atoms with E-state index < -0.39 is 0 Å². The average Bonchev–Trinajstić information content (AvgIpc) is 2.71. The Morgan fingerprint density at radius 2 is 1.74 bits per heavy atom. The number of fused-ring (bicyclic) bond motifs is 4. The van der Waals surface area contributed by atoms with Gasteiger partial charge < -0.3 is 5.11 Å². The summed E-state index contributed by atoms with van der Waals surface area (Å²) in [7, 11) is 0. The molecule has 0 amide bonds. The third-order valence-electron chi connectivity index (χ3n) is 8.46. The van der Waals surface area contributed by atoms with Gasteiger partial charge in [0.1, 0.15) is 0 Å². The Morgan fingerprint density at radius 3 is 2.48 bits per heavy atom. The van der Waals surface area contributed by atoms with Crippen LogP contribution in [-0.4, -0.2) is 11.2 Å². The molecule has 23 heavy (non-hydrogen) atoms. The van der Waals surface area contributed by atoms with Gasteiger partial charge in [0, 0.05) is 0 Å². The second-order valence-electron chi connectivity index (χ2n) is 10.2. The molecule has 0 aromatic carbocycles. The molecule has 0 radical (unpaired) electrons. The fourth-order valence-corrected chi connectivity index (χ4v) is 7.76. The summed E-state index contributed by atoms with van der Waals surface area (Å²) in [5, 5.41) is 10.2. The molecule has 2 saturated carbocycles. The third kappa shape index (κ3) is 2.01. The summed E-state index contributed by atoms with van der Waals surface area (Å²) < 4.78 is 0. The standard InChI is InChI=1S/C22H34O/c1-14-11-16(23)12-15-13-18-21(4)9-6-8-20(2,3)17(21)7-10-22(18,5)19(14)15/h11,16-18,23H,6-10,12-13H2,1-5H3/t16?,17-,18?,21-,22+/m0/s1. The first-order chi connectivity index (χ1) is 10.7. The Balaban J connectivity index is 1.77. The molecule has 2 fully saturated rings. The summed E-state index contributed by atoms with van der Waals surface area (Å²) in [5.74, 6) is 1.66. The minimum atomic E-state index is -0.246. The monoisotopic (exact) mass is 314 g/mol. The van der Waals surface area contributed by atoms with Gasteiger partial charge in [-0.1, -0.05) is 45.8 Å². The molecule has 4 aliphatic rings. The van der Waals surface area contributed by atoms with Crippen molar-refractivity contribution in [3.8, 4) is 0 Å². The van der Waals surface area contributed by atoms with E-state index in [1.807, 2.05) is 0 Å². The number of aliphatic hydroxyl groups is 1. The Kier molecular flexibility index (Phi) is 3.29. The van der Waals surface area contributed by atoms with Crippen LogP contribution in [0.4, 0.5) is 0 Å². The smallest absolute Gasteiger partial charge is 0.0763 e. The van der Waals surface area contributed by atoms with E-state index in [9.17, 15) is 5.11 Å². The van der Waals surface area contributed by atoms with Crippen LogP contribution in [0.2, 0.25) is 0 Å². The molecule has 0 aromatic heterocycles. The van der Waals surface area contributed by atoms with E-state index in [0.29, 0.717) is 16.2 Å². The van der Waals surface area contributed by atoms with Crippen LogP contribution < -0.4 is 0 Å². The van der Waals surface area contributed by atoms with Crippen molar-refractivity contribution in [2.45, 2.75) is 85.7 Å². The molecule has 0 aromatic rings. The molecule has 0 heterocycles. The van der Waals surface area contributed by atoms with Crippen molar-refractivity contribution in [2.75, 3.05) is 0 Å². The molecule has 4 aliphatic carbocycles. The summed E-state index contributed by atoms with van der Waals surface area (Å²) in [6.07, 6.45) is 11.0. The van der Waals surface area contributed by atoms with Crippen molar-refractivity contribution in [1.29, 1.82) is 0 Å². The fourth-order valence-electron chi connectivity index (χ4n) is 7.76. The maximum atomic E-state index is 10.2. The first-order valence-electron chi connectivity index (χ1n) is 9.78. The predicted molar refractivity (Wildman–Crippen MR) is 96.1 cm³/mol. The zero-order chi connectivity index (χ0) is 16.6. The van der Waals surface area contributed by atoms with Crippen molar-refractivity contribution in [1.82, 2.24) is 0 Å². The van der Waals surface area contributed by atoms with E-state index in [2.05, 4.69) is 40.7 Å². The van der Waals surface area contributed by atoms with Crippen LogP contribution in [0.5, 0.6) is 0 Å². The molecule has 1 nitrogen and oxygen atoms in total. The van der Waals surface area contributed by atoms with Crippen molar-refractivity contribution >= 4 is 0 Å². The Morgan fingerprint density at radius 1 is 1.00 bits per heavy atom. The molecule has 2 unspecified atom stereocenters. The molecule has 1 N–H and O–H groups in total. The topological polar surface area (TPSA) is 20.2 Å². The highest BCUT2D eigenvalue weighted by atomic mass is 16.3. The third-order valence-corrected chi connectivity index (χ3v) is 8.46. The van der Waals surface area contributed by atoms with Gasteiger partial charge in [-0.2, -0.15) is 0 Å². The highest BCUT2D eigenvalue weighted by Crippen LogP contribution is 2.70. The highest BCUT2D eigenvalue weighted by Gasteiger charge is 2.61. The maximum Gasteiger partial charge on any atom is 0.0763 e. The molecule has 4 rings (SSSR count). The molecule has 0 aliphatic heterocycles. The first kappa shape index (κ1) is 15.9. The van der Waals surface area contributed by atoms with E-state index in [1.165, 1.54) is 44.1 Å². The minimum absolute atomic E-state index is 0.246. The number of rotatable bonds is 0. The van der Waals surface area contributed by atoms with Gasteiger partial charge in [-0.15, -0.1) is 0 Å². The Bertz CT molecular complexity index is 595. The Hall–Kier alpha value is -0.560. The zero-order valence-corrected chi connectivity index (χ0v) is 15.7. The lowest BCUT2D eigenvalue weighted by Gasteiger charge is -2.61. The molecule has 0 bridgehead atoms. The lowest BCUT2D eigenvalue weighted by atomic mass is 9.43. The van der Waals surface area contributed by atoms with Crippen LogP contribution in [0, 0.1) is 28.1 Å². The number of allylic oxidation sites excluding steroid dienone is 2. The van der Waals surface area contributed by atoms with E-state index in [4.69, 9.17) is 0 Å². The van der Waals surface area contributed by atoms with E-state index >= 15 is 0 Å². The van der Waals surface area contributed by atoms with Gasteiger partial charge >= 0.3 is 0 Å². The largest absolute Gasteiger partial charge is 0.389 e. The van der Waals surface area contributed by atoms with E-state index in [-0.39, 0.29) is 6.10 Å². The zero-order valence-electron chi connectivity index (χ0n) is 15.7. The molecule has 0 saturated heterocycles. The number of hydrogen-bond acceptors (Lipinski definition) is 1. The van der Waals surface area contributed by atoms with Gasteiger partial charge in [-0.3, -0.25) is 0 Å². The molecule has 1 heteroatoms. The number of hydrogen-bond donors (Lipinski definition) is 1. The van der Waals surface area contributed by atoms with Crippen LogP contribution in [0.3, 0.4) is 0 Å². The minimum Gasteiger partial charge on any atom is -0.389 e. The molecule has 0 spiro atoms. The average molecular weight is 315 g/mol.